The summed E-state index contributed by atoms with van der Waals surface area (Å²) in [5.41, 5.74) is 6.05. The monoisotopic (exact) mass is 554 g/mol. The van der Waals surface area contributed by atoms with Crippen molar-refractivity contribution >= 4 is 22.6 Å². The second-order valence-electron chi connectivity index (χ2n) is 10.3. The fraction of sp³-hybridized carbons (Fsp3) is 0.312. The van der Waals surface area contributed by atoms with Crippen LogP contribution in [0.2, 0.25) is 0 Å². The zero-order valence-corrected chi connectivity index (χ0v) is 23.5. The molecule has 0 aliphatic carbocycles. The van der Waals surface area contributed by atoms with Gasteiger partial charge >= 0.3 is 6.03 Å². The summed E-state index contributed by atoms with van der Waals surface area (Å²) >= 11 is 0. The summed E-state index contributed by atoms with van der Waals surface area (Å²) in [6, 6.07) is 19.8. The van der Waals surface area contributed by atoms with E-state index >= 15 is 0 Å². The van der Waals surface area contributed by atoms with Gasteiger partial charge in [0, 0.05) is 36.8 Å². The molecule has 4 aromatic rings. The maximum absolute atomic E-state index is 12.9. The fourth-order valence-electron chi connectivity index (χ4n) is 5.77. The first kappa shape index (κ1) is 26.7. The van der Waals surface area contributed by atoms with Crippen molar-refractivity contribution < 1.29 is 23.7 Å². The number of anilines is 1. The van der Waals surface area contributed by atoms with Gasteiger partial charge in [-0.25, -0.2) is 4.79 Å². The fourth-order valence-corrected chi connectivity index (χ4v) is 5.77. The summed E-state index contributed by atoms with van der Waals surface area (Å²) in [4.78, 5) is 19.9. The molecule has 3 aromatic carbocycles. The molecule has 0 spiro atoms. The number of aryl methyl sites for hydroxylation is 1. The van der Waals surface area contributed by atoms with E-state index in [0.29, 0.717) is 18.8 Å². The number of nitrogens with one attached hydrogen (secondary N) is 2. The van der Waals surface area contributed by atoms with Crippen LogP contribution < -0.4 is 29.6 Å². The SMILES string of the molecule is COc1cc2c(cc1OC)C(Cc1ccc3c(c1)OCO3)N(CCNC(=O)Nc1cc(C)nc3ccccc13)CC2. The van der Waals surface area contributed by atoms with Crippen LogP contribution in [0.15, 0.2) is 60.7 Å². The molecule has 212 valence electrons. The normalized spacial score (nSPS) is 15.8. The maximum atomic E-state index is 12.9. The largest absolute Gasteiger partial charge is 0.493 e. The van der Waals surface area contributed by atoms with Crippen molar-refractivity contribution in [3.63, 3.8) is 0 Å². The number of aromatic nitrogens is 1. The van der Waals surface area contributed by atoms with E-state index < -0.39 is 0 Å². The highest BCUT2D eigenvalue weighted by molar-refractivity contribution is 6.00. The molecule has 0 saturated carbocycles. The minimum absolute atomic E-state index is 0.0792. The Morgan fingerprint density at radius 3 is 2.68 bits per heavy atom. The number of para-hydroxylation sites is 1. The molecular formula is C32H34N4O5. The molecule has 0 bridgehead atoms. The molecule has 6 rings (SSSR count). The third kappa shape index (κ3) is 5.58. The Balaban J connectivity index is 1.19. The number of benzene rings is 3. The van der Waals surface area contributed by atoms with Gasteiger partial charge in [-0.15, -0.1) is 0 Å². The van der Waals surface area contributed by atoms with Crippen molar-refractivity contribution in [1.82, 2.24) is 15.2 Å². The Hall–Kier alpha value is -4.50. The van der Waals surface area contributed by atoms with Crippen molar-refractivity contribution in [2.45, 2.75) is 25.8 Å². The van der Waals surface area contributed by atoms with Crippen LogP contribution in [0.5, 0.6) is 23.0 Å². The molecule has 0 saturated heterocycles. The number of carbonyl (C=O) groups excluding carboxylic acids is 1. The molecule has 41 heavy (non-hydrogen) atoms. The highest BCUT2D eigenvalue weighted by Gasteiger charge is 2.30. The standard InChI is InChI=1S/C32H34N4O5/c1-20-14-26(23-6-4-5-7-25(23)34-20)35-32(37)33-11-13-36-12-10-22-17-29(38-2)30(39-3)18-24(22)27(36)15-21-8-9-28-31(16-21)41-19-40-28/h4-9,14,16-18,27H,10-13,15,19H2,1-3H3,(H2,33,34,35,37). The number of pyridine rings is 1. The molecule has 2 N–H and O–H groups in total. The lowest BCUT2D eigenvalue weighted by atomic mass is 9.88. The number of rotatable bonds is 8. The van der Waals surface area contributed by atoms with Gasteiger partial charge in [0.2, 0.25) is 6.79 Å². The number of hydrogen-bond donors (Lipinski definition) is 2. The molecule has 1 unspecified atom stereocenters. The third-order valence-corrected chi connectivity index (χ3v) is 7.76. The topological polar surface area (TPSA) is 94.2 Å². The molecule has 2 aliphatic heterocycles. The number of carbonyl (C=O) groups is 1. The zero-order chi connectivity index (χ0) is 28.3. The number of nitrogens with zero attached hydrogens (tertiary/aromatic N) is 2. The lowest BCUT2D eigenvalue weighted by molar-refractivity contribution is 0.173. The summed E-state index contributed by atoms with van der Waals surface area (Å²) in [5.74, 6) is 2.99. The van der Waals surface area contributed by atoms with E-state index in [4.69, 9.17) is 18.9 Å². The van der Waals surface area contributed by atoms with E-state index in [9.17, 15) is 4.79 Å². The number of hydrogen-bond acceptors (Lipinski definition) is 7. The molecule has 1 atom stereocenters. The molecule has 3 heterocycles. The number of amides is 2. The van der Waals surface area contributed by atoms with Crippen LogP contribution in [0.1, 0.15) is 28.4 Å². The molecule has 0 fully saturated rings. The molecule has 2 amide bonds. The zero-order valence-electron chi connectivity index (χ0n) is 23.5. The second-order valence-corrected chi connectivity index (χ2v) is 10.3. The molecule has 2 aliphatic rings. The van der Waals surface area contributed by atoms with Crippen molar-refractivity contribution in [2.75, 3.05) is 46.0 Å². The quantitative estimate of drug-likeness (QED) is 0.307. The van der Waals surface area contributed by atoms with E-state index in [-0.39, 0.29) is 18.9 Å². The van der Waals surface area contributed by atoms with Crippen LogP contribution in [0.4, 0.5) is 10.5 Å². The first-order valence-electron chi connectivity index (χ1n) is 13.8. The van der Waals surface area contributed by atoms with Crippen molar-refractivity contribution in [3.05, 3.63) is 83.0 Å². The second kappa shape index (κ2) is 11.5. The van der Waals surface area contributed by atoms with Crippen LogP contribution >= 0.6 is 0 Å². The Kier molecular flexibility index (Phi) is 7.52. The summed E-state index contributed by atoms with van der Waals surface area (Å²) in [5, 5.41) is 6.98. The number of fused-ring (bicyclic) bond motifs is 3. The van der Waals surface area contributed by atoms with E-state index in [1.807, 2.05) is 43.3 Å². The smallest absolute Gasteiger partial charge is 0.319 e. The van der Waals surface area contributed by atoms with E-state index in [1.54, 1.807) is 14.2 Å². The average molecular weight is 555 g/mol. The molecular weight excluding hydrogens is 520 g/mol. The maximum Gasteiger partial charge on any atom is 0.319 e. The molecule has 0 radical (unpaired) electrons. The molecule has 9 heteroatoms. The highest BCUT2D eigenvalue weighted by atomic mass is 16.7. The Morgan fingerprint density at radius 2 is 1.83 bits per heavy atom. The molecule has 9 nitrogen and oxygen atoms in total. The van der Waals surface area contributed by atoms with Crippen molar-refractivity contribution in [3.8, 4) is 23.0 Å². The summed E-state index contributed by atoms with van der Waals surface area (Å²) in [7, 11) is 3.32. The Labute approximate surface area is 239 Å². The summed E-state index contributed by atoms with van der Waals surface area (Å²) in [6.45, 7) is 4.21. The lowest BCUT2D eigenvalue weighted by Gasteiger charge is -2.38. The van der Waals surface area contributed by atoms with Gasteiger partial charge in [0.25, 0.3) is 0 Å². The highest BCUT2D eigenvalue weighted by Crippen LogP contribution is 2.40. The predicted octanol–water partition coefficient (Wildman–Crippen LogP) is 5.25. The van der Waals surface area contributed by atoms with Gasteiger partial charge in [0.15, 0.2) is 23.0 Å². The van der Waals surface area contributed by atoms with Gasteiger partial charge in [0.1, 0.15) is 0 Å². The van der Waals surface area contributed by atoms with Crippen LogP contribution in [0.3, 0.4) is 0 Å². The van der Waals surface area contributed by atoms with Gasteiger partial charge < -0.3 is 29.6 Å². The predicted molar refractivity (Wildman–Crippen MR) is 157 cm³/mol. The average Bonchev–Trinajstić information content (AvgIpc) is 3.45. The van der Waals surface area contributed by atoms with Crippen LogP contribution in [-0.4, -0.2) is 56.6 Å². The molecule has 1 aromatic heterocycles. The minimum Gasteiger partial charge on any atom is -0.493 e. The summed E-state index contributed by atoms with van der Waals surface area (Å²) in [6.07, 6.45) is 1.65. The van der Waals surface area contributed by atoms with Crippen LogP contribution in [-0.2, 0) is 12.8 Å². The first-order valence-corrected chi connectivity index (χ1v) is 13.8. The van der Waals surface area contributed by atoms with Crippen molar-refractivity contribution in [1.29, 1.82) is 0 Å². The van der Waals surface area contributed by atoms with Gasteiger partial charge in [-0.1, -0.05) is 24.3 Å². The van der Waals surface area contributed by atoms with Gasteiger partial charge in [-0.2, -0.15) is 0 Å². The number of ether oxygens (including phenoxy) is 4. The van der Waals surface area contributed by atoms with Crippen LogP contribution in [0.25, 0.3) is 10.9 Å². The third-order valence-electron chi connectivity index (χ3n) is 7.76. The lowest BCUT2D eigenvalue weighted by Crippen LogP contribution is -2.42. The van der Waals surface area contributed by atoms with Gasteiger partial charge in [-0.3, -0.25) is 9.88 Å². The first-order chi connectivity index (χ1) is 20.0. The van der Waals surface area contributed by atoms with Crippen molar-refractivity contribution in [2.24, 2.45) is 0 Å². The van der Waals surface area contributed by atoms with E-state index in [1.165, 1.54) is 11.1 Å². The summed E-state index contributed by atoms with van der Waals surface area (Å²) < 4.78 is 22.4. The Bertz CT molecular complexity index is 1590. The number of methoxy groups -OCH3 is 2. The number of urea groups is 1. The van der Waals surface area contributed by atoms with E-state index in [0.717, 1.165) is 64.5 Å². The Morgan fingerprint density at radius 1 is 1.02 bits per heavy atom. The minimum atomic E-state index is -0.239. The van der Waals surface area contributed by atoms with Crippen LogP contribution in [0, 0.1) is 6.92 Å². The van der Waals surface area contributed by atoms with Gasteiger partial charge in [0.05, 0.1) is 25.4 Å². The van der Waals surface area contributed by atoms with E-state index in [2.05, 4.69) is 44.8 Å². The van der Waals surface area contributed by atoms with Gasteiger partial charge in [-0.05, 0) is 72.9 Å².